The maximum Gasteiger partial charge on any atom is 0.180 e. The fraction of sp³-hybridized carbons (Fsp3) is 0.0714. The first-order valence-corrected chi connectivity index (χ1v) is 6.27. The molecule has 0 amide bonds. The first kappa shape index (κ1) is 12.9. The highest BCUT2D eigenvalue weighted by atomic mass is 15.3. The summed E-state index contributed by atoms with van der Waals surface area (Å²) in [6, 6.07) is 9.35. The summed E-state index contributed by atoms with van der Waals surface area (Å²) in [6.07, 6.45) is 5.29. The Kier molecular flexibility index (Phi) is 3.14. The van der Waals surface area contributed by atoms with E-state index in [1.54, 1.807) is 24.5 Å². The third-order valence-corrected chi connectivity index (χ3v) is 3.21. The minimum Gasteiger partial charge on any atom is -0.326 e. The Labute approximate surface area is 121 Å². The molecule has 0 aliphatic rings. The van der Waals surface area contributed by atoms with E-state index in [-0.39, 0.29) is 0 Å². The van der Waals surface area contributed by atoms with E-state index in [1.165, 1.54) is 0 Å². The lowest BCUT2D eigenvalue weighted by Gasteiger charge is -2.19. The van der Waals surface area contributed by atoms with Crippen molar-refractivity contribution < 1.29 is 0 Å². The number of rotatable bonds is 3. The van der Waals surface area contributed by atoms with Crippen LogP contribution in [-0.4, -0.2) is 21.4 Å². The number of fused-ring (bicyclic) bond motifs is 1. The number of nitrogens with two attached hydrogens (primary N) is 1. The number of benzene rings is 1. The minimum absolute atomic E-state index is 0.538. The standard InChI is InChI=1S/C14H13N7/c1-20(11-4-2-10(8-15)3-5-11)14-13-17-6-7-21(13)9-12(18-14)19-16/h2-7,9,19H,16H2,1H3. The van der Waals surface area contributed by atoms with E-state index >= 15 is 0 Å². The summed E-state index contributed by atoms with van der Waals surface area (Å²) in [5, 5.41) is 8.85. The Morgan fingerprint density at radius 3 is 2.76 bits per heavy atom. The maximum absolute atomic E-state index is 8.85. The molecule has 0 atom stereocenters. The SMILES string of the molecule is CN(c1ccc(C#N)cc1)c1nc(NN)cn2ccnc12. The predicted molar refractivity (Wildman–Crippen MR) is 80.0 cm³/mol. The number of aromatic nitrogens is 3. The molecule has 3 aromatic rings. The Bertz CT molecular complexity index is 813. The zero-order valence-corrected chi connectivity index (χ0v) is 11.4. The van der Waals surface area contributed by atoms with Gasteiger partial charge in [-0.2, -0.15) is 5.26 Å². The van der Waals surface area contributed by atoms with Crippen LogP contribution in [-0.2, 0) is 0 Å². The number of hydrogen-bond donors (Lipinski definition) is 2. The minimum atomic E-state index is 0.538. The van der Waals surface area contributed by atoms with Crippen molar-refractivity contribution in [3.8, 4) is 6.07 Å². The quantitative estimate of drug-likeness (QED) is 0.559. The lowest BCUT2D eigenvalue weighted by Crippen LogP contribution is -2.16. The second-order valence-corrected chi connectivity index (χ2v) is 4.47. The van der Waals surface area contributed by atoms with Crippen molar-refractivity contribution in [2.24, 2.45) is 5.84 Å². The van der Waals surface area contributed by atoms with Gasteiger partial charge in [-0.1, -0.05) is 0 Å². The van der Waals surface area contributed by atoms with Crippen LogP contribution in [0, 0.1) is 11.3 Å². The summed E-state index contributed by atoms with van der Waals surface area (Å²) in [5.41, 5.74) is 4.79. The van der Waals surface area contributed by atoms with Gasteiger partial charge in [-0.05, 0) is 24.3 Å². The largest absolute Gasteiger partial charge is 0.326 e. The van der Waals surface area contributed by atoms with Gasteiger partial charge in [-0.15, -0.1) is 0 Å². The number of imidazole rings is 1. The van der Waals surface area contributed by atoms with Crippen LogP contribution in [0.1, 0.15) is 5.56 Å². The van der Waals surface area contributed by atoms with Gasteiger partial charge in [-0.3, -0.25) is 0 Å². The fourth-order valence-electron chi connectivity index (χ4n) is 2.09. The molecule has 2 aromatic heterocycles. The molecule has 0 saturated carbocycles. The molecule has 104 valence electrons. The molecule has 0 fully saturated rings. The molecule has 3 rings (SSSR count). The molecule has 0 aliphatic heterocycles. The van der Waals surface area contributed by atoms with E-state index in [0.717, 1.165) is 11.3 Å². The smallest absolute Gasteiger partial charge is 0.180 e. The van der Waals surface area contributed by atoms with Crippen LogP contribution in [0.3, 0.4) is 0 Å². The van der Waals surface area contributed by atoms with Gasteiger partial charge >= 0.3 is 0 Å². The van der Waals surface area contributed by atoms with E-state index < -0.39 is 0 Å². The monoisotopic (exact) mass is 279 g/mol. The third kappa shape index (κ3) is 2.24. The molecule has 1 aromatic carbocycles. The van der Waals surface area contributed by atoms with Crippen molar-refractivity contribution in [1.82, 2.24) is 14.4 Å². The Morgan fingerprint density at radius 1 is 1.33 bits per heavy atom. The molecule has 0 bridgehead atoms. The summed E-state index contributed by atoms with van der Waals surface area (Å²) in [4.78, 5) is 10.7. The molecule has 0 spiro atoms. The predicted octanol–water partition coefficient (Wildman–Crippen LogP) is 1.65. The van der Waals surface area contributed by atoms with Crippen LogP contribution in [0.25, 0.3) is 5.65 Å². The summed E-state index contributed by atoms with van der Waals surface area (Å²) in [6.45, 7) is 0. The van der Waals surface area contributed by atoms with E-state index in [1.807, 2.05) is 34.7 Å². The fourth-order valence-corrected chi connectivity index (χ4v) is 2.09. The first-order valence-electron chi connectivity index (χ1n) is 6.27. The van der Waals surface area contributed by atoms with Gasteiger partial charge in [0.1, 0.15) is 0 Å². The van der Waals surface area contributed by atoms with Gasteiger partial charge in [-0.25, -0.2) is 15.8 Å². The van der Waals surface area contributed by atoms with Crippen LogP contribution in [0.5, 0.6) is 0 Å². The van der Waals surface area contributed by atoms with E-state index in [0.29, 0.717) is 17.2 Å². The molecule has 7 nitrogen and oxygen atoms in total. The maximum atomic E-state index is 8.85. The highest BCUT2D eigenvalue weighted by molar-refractivity contribution is 5.73. The van der Waals surface area contributed by atoms with Gasteiger partial charge in [0.25, 0.3) is 0 Å². The normalized spacial score (nSPS) is 10.3. The van der Waals surface area contributed by atoms with Crippen molar-refractivity contribution in [2.45, 2.75) is 0 Å². The number of nitriles is 1. The second kappa shape index (κ2) is 5.11. The molecule has 0 unspecified atom stereocenters. The molecule has 0 saturated heterocycles. The Morgan fingerprint density at radius 2 is 2.10 bits per heavy atom. The van der Waals surface area contributed by atoms with Crippen molar-refractivity contribution >= 4 is 23.0 Å². The molecule has 0 radical (unpaired) electrons. The van der Waals surface area contributed by atoms with E-state index in [4.69, 9.17) is 11.1 Å². The van der Waals surface area contributed by atoms with Gasteiger partial charge in [0, 0.05) is 25.1 Å². The summed E-state index contributed by atoms with van der Waals surface area (Å²) >= 11 is 0. The average Bonchev–Trinajstić information content (AvgIpc) is 3.01. The summed E-state index contributed by atoms with van der Waals surface area (Å²) in [7, 11) is 1.89. The molecular weight excluding hydrogens is 266 g/mol. The lowest BCUT2D eigenvalue weighted by atomic mass is 10.2. The summed E-state index contributed by atoms with van der Waals surface area (Å²) < 4.78 is 1.84. The van der Waals surface area contributed by atoms with E-state index in [2.05, 4.69) is 21.5 Å². The molecule has 2 heterocycles. The highest BCUT2D eigenvalue weighted by Gasteiger charge is 2.13. The van der Waals surface area contributed by atoms with Gasteiger partial charge in [0.2, 0.25) is 0 Å². The molecule has 3 N–H and O–H groups in total. The van der Waals surface area contributed by atoms with Crippen LogP contribution in [0.15, 0.2) is 42.9 Å². The van der Waals surface area contributed by atoms with E-state index in [9.17, 15) is 0 Å². The molecule has 7 heteroatoms. The van der Waals surface area contributed by atoms with Crippen LogP contribution >= 0.6 is 0 Å². The number of hydrogen-bond acceptors (Lipinski definition) is 6. The van der Waals surface area contributed by atoms with Gasteiger partial charge in [0.05, 0.1) is 17.8 Å². The van der Waals surface area contributed by atoms with Gasteiger partial charge in [0.15, 0.2) is 17.3 Å². The summed E-state index contributed by atoms with van der Waals surface area (Å²) in [5.74, 6) is 6.66. The number of nitrogens with zero attached hydrogens (tertiary/aromatic N) is 5. The van der Waals surface area contributed by atoms with Crippen molar-refractivity contribution in [1.29, 1.82) is 5.26 Å². The lowest BCUT2D eigenvalue weighted by molar-refractivity contribution is 1.05. The number of nitrogen functional groups attached to an aromatic ring is 1. The van der Waals surface area contributed by atoms with Gasteiger partial charge < -0.3 is 14.7 Å². The van der Waals surface area contributed by atoms with Crippen molar-refractivity contribution in [3.05, 3.63) is 48.4 Å². The number of nitrogens with one attached hydrogen (secondary N) is 1. The van der Waals surface area contributed by atoms with Crippen molar-refractivity contribution in [3.63, 3.8) is 0 Å². The average molecular weight is 279 g/mol. The van der Waals surface area contributed by atoms with Crippen LogP contribution < -0.4 is 16.2 Å². The van der Waals surface area contributed by atoms with Crippen LogP contribution in [0.4, 0.5) is 17.3 Å². The molecule has 0 aliphatic carbocycles. The highest BCUT2D eigenvalue weighted by Crippen LogP contribution is 2.26. The second-order valence-electron chi connectivity index (χ2n) is 4.47. The molecule has 21 heavy (non-hydrogen) atoms. The number of hydrazine groups is 1. The molecular formula is C14H13N7. The van der Waals surface area contributed by atoms with Crippen molar-refractivity contribution in [2.75, 3.05) is 17.4 Å². The third-order valence-electron chi connectivity index (χ3n) is 3.21. The van der Waals surface area contributed by atoms with Crippen LogP contribution in [0.2, 0.25) is 0 Å². The zero-order chi connectivity index (χ0) is 14.8. The topological polar surface area (TPSA) is 95.3 Å². The Hall–Kier alpha value is -3.11. The first-order chi connectivity index (χ1) is 10.2. The number of anilines is 3. The zero-order valence-electron chi connectivity index (χ0n) is 11.4. The Balaban J connectivity index is 2.09.